The molecule has 0 fully saturated rings. The molecule has 0 aliphatic heterocycles. The Bertz CT molecular complexity index is 568. The Morgan fingerprint density at radius 3 is 2.76 bits per heavy atom. The Hall–Kier alpha value is -2.11. The van der Waals surface area contributed by atoms with Crippen LogP contribution < -0.4 is 5.32 Å². The first-order valence-corrected chi connectivity index (χ1v) is 5.23. The molecule has 0 aliphatic rings. The fraction of sp³-hybridized carbons (Fsp3) is 0.364. The molecule has 6 nitrogen and oxygen atoms in total. The van der Waals surface area contributed by atoms with Crippen LogP contribution in [0.25, 0.3) is 5.65 Å². The molecule has 0 atom stereocenters. The summed E-state index contributed by atoms with van der Waals surface area (Å²) in [4.78, 5) is 15.0. The summed E-state index contributed by atoms with van der Waals surface area (Å²) in [7, 11) is 0. The number of carbonyl (C=O) groups is 1. The maximum atomic E-state index is 11.0. The minimum Gasteiger partial charge on any atom is -0.477 e. The first-order chi connectivity index (χ1) is 7.88. The Balaban J connectivity index is 2.56. The summed E-state index contributed by atoms with van der Waals surface area (Å²) in [6, 6.07) is 1.76. The van der Waals surface area contributed by atoms with E-state index in [-0.39, 0.29) is 11.1 Å². The van der Waals surface area contributed by atoms with Gasteiger partial charge in [-0.05, 0) is 26.8 Å². The predicted octanol–water partition coefficient (Wildman–Crippen LogP) is 1.64. The highest BCUT2D eigenvalue weighted by molar-refractivity contribution is 5.94. The maximum Gasteiger partial charge on any atom is 0.341 e. The van der Waals surface area contributed by atoms with Crippen molar-refractivity contribution in [2.75, 3.05) is 5.32 Å². The normalized spacial score (nSPS) is 11.7. The molecule has 0 saturated heterocycles. The summed E-state index contributed by atoms with van der Waals surface area (Å²) in [5.41, 5.74) is 0.304. The third-order valence-corrected chi connectivity index (χ3v) is 2.13. The van der Waals surface area contributed by atoms with Crippen LogP contribution in [0.3, 0.4) is 0 Å². The number of hydrogen-bond donors (Lipinski definition) is 2. The van der Waals surface area contributed by atoms with Gasteiger partial charge in [0, 0.05) is 11.7 Å². The van der Waals surface area contributed by atoms with Crippen LogP contribution in [-0.4, -0.2) is 31.2 Å². The van der Waals surface area contributed by atoms with Gasteiger partial charge in [-0.15, -0.1) is 0 Å². The van der Waals surface area contributed by atoms with Gasteiger partial charge in [-0.1, -0.05) is 0 Å². The second kappa shape index (κ2) is 3.73. The van der Waals surface area contributed by atoms with Crippen LogP contribution in [0.1, 0.15) is 31.1 Å². The van der Waals surface area contributed by atoms with Gasteiger partial charge in [0.25, 0.3) is 0 Å². The van der Waals surface area contributed by atoms with Crippen LogP contribution in [0.5, 0.6) is 0 Å². The number of carboxylic acids is 1. The maximum absolute atomic E-state index is 11.0. The van der Waals surface area contributed by atoms with Crippen LogP contribution in [0, 0.1) is 0 Å². The summed E-state index contributed by atoms with van der Waals surface area (Å²) >= 11 is 0. The fourth-order valence-corrected chi connectivity index (χ4v) is 1.52. The Morgan fingerprint density at radius 2 is 2.18 bits per heavy atom. The molecule has 2 rings (SSSR count). The lowest BCUT2D eigenvalue weighted by atomic mass is 10.1. The van der Waals surface area contributed by atoms with E-state index in [0.29, 0.717) is 5.65 Å². The highest BCUT2D eigenvalue weighted by Crippen LogP contribution is 2.17. The van der Waals surface area contributed by atoms with Gasteiger partial charge in [-0.25, -0.2) is 9.78 Å². The molecule has 17 heavy (non-hydrogen) atoms. The molecule has 2 aromatic rings. The number of aromatic nitrogens is 3. The number of rotatable bonds is 2. The Morgan fingerprint density at radius 1 is 1.47 bits per heavy atom. The van der Waals surface area contributed by atoms with E-state index in [1.54, 1.807) is 12.3 Å². The van der Waals surface area contributed by atoms with Crippen molar-refractivity contribution in [3.05, 3.63) is 24.0 Å². The number of aromatic carboxylic acids is 1. The SMILES string of the molecule is CC(C)(C)Nc1ccnc2c(C(=O)O)cnn12. The molecule has 2 aromatic heterocycles. The van der Waals surface area contributed by atoms with Crippen LogP contribution in [0.2, 0.25) is 0 Å². The molecule has 0 aromatic carbocycles. The number of fused-ring (bicyclic) bond motifs is 1. The minimum atomic E-state index is -1.03. The molecular formula is C11H14N4O2. The number of hydrogen-bond acceptors (Lipinski definition) is 4. The van der Waals surface area contributed by atoms with E-state index < -0.39 is 5.97 Å². The lowest BCUT2D eigenvalue weighted by Crippen LogP contribution is -2.27. The van der Waals surface area contributed by atoms with Gasteiger partial charge < -0.3 is 10.4 Å². The van der Waals surface area contributed by atoms with Crippen molar-refractivity contribution < 1.29 is 9.90 Å². The van der Waals surface area contributed by atoms with E-state index in [2.05, 4.69) is 15.4 Å². The van der Waals surface area contributed by atoms with E-state index in [1.807, 2.05) is 20.8 Å². The van der Waals surface area contributed by atoms with E-state index in [9.17, 15) is 4.79 Å². The van der Waals surface area contributed by atoms with Crippen LogP contribution in [0.4, 0.5) is 5.82 Å². The molecule has 0 bridgehead atoms. The molecular weight excluding hydrogens is 220 g/mol. The summed E-state index contributed by atoms with van der Waals surface area (Å²) in [5, 5.41) is 16.3. The minimum absolute atomic E-state index is 0.0996. The quantitative estimate of drug-likeness (QED) is 0.825. The van der Waals surface area contributed by atoms with Crippen molar-refractivity contribution in [1.82, 2.24) is 14.6 Å². The lowest BCUT2D eigenvalue weighted by Gasteiger charge is -2.22. The molecule has 0 unspecified atom stereocenters. The van der Waals surface area contributed by atoms with Crippen molar-refractivity contribution >= 4 is 17.4 Å². The molecule has 0 radical (unpaired) electrons. The summed E-state index contributed by atoms with van der Waals surface area (Å²) in [6.45, 7) is 6.04. The molecule has 2 N–H and O–H groups in total. The highest BCUT2D eigenvalue weighted by Gasteiger charge is 2.16. The standard InChI is InChI=1S/C11H14N4O2/c1-11(2,3)14-8-4-5-12-9-7(10(16)17)6-13-15(8)9/h4-6,14H,1-3H3,(H,16,17). The van der Waals surface area contributed by atoms with Crippen LogP contribution in [-0.2, 0) is 0 Å². The average molecular weight is 234 g/mol. The summed E-state index contributed by atoms with van der Waals surface area (Å²) < 4.78 is 1.49. The van der Waals surface area contributed by atoms with Gasteiger partial charge in [-0.3, -0.25) is 0 Å². The molecule has 0 amide bonds. The predicted molar refractivity (Wildman–Crippen MR) is 63.3 cm³/mol. The largest absolute Gasteiger partial charge is 0.477 e. The third-order valence-electron chi connectivity index (χ3n) is 2.13. The summed E-state index contributed by atoms with van der Waals surface area (Å²) in [5.74, 6) is -0.310. The zero-order chi connectivity index (χ0) is 12.6. The van der Waals surface area contributed by atoms with E-state index in [1.165, 1.54) is 10.7 Å². The van der Waals surface area contributed by atoms with Gasteiger partial charge >= 0.3 is 5.97 Å². The topological polar surface area (TPSA) is 79.5 Å². The van der Waals surface area contributed by atoms with Crippen molar-refractivity contribution in [2.45, 2.75) is 26.3 Å². The monoisotopic (exact) mass is 234 g/mol. The molecule has 0 saturated carbocycles. The van der Waals surface area contributed by atoms with Crippen molar-refractivity contribution in [3.63, 3.8) is 0 Å². The van der Waals surface area contributed by atoms with Gasteiger partial charge in [0.15, 0.2) is 5.65 Å². The lowest BCUT2D eigenvalue weighted by molar-refractivity contribution is 0.0699. The van der Waals surface area contributed by atoms with Crippen molar-refractivity contribution in [3.8, 4) is 0 Å². The molecule has 0 spiro atoms. The second-order valence-electron chi connectivity index (χ2n) is 4.80. The second-order valence-corrected chi connectivity index (χ2v) is 4.80. The first kappa shape index (κ1) is 11.4. The summed E-state index contributed by atoms with van der Waals surface area (Å²) in [6.07, 6.45) is 2.87. The van der Waals surface area contributed by atoms with Crippen molar-refractivity contribution in [1.29, 1.82) is 0 Å². The number of nitrogens with one attached hydrogen (secondary N) is 1. The van der Waals surface area contributed by atoms with Gasteiger partial charge in [0.2, 0.25) is 0 Å². The van der Waals surface area contributed by atoms with Gasteiger partial charge in [-0.2, -0.15) is 9.61 Å². The van der Waals surface area contributed by atoms with Gasteiger partial charge in [0.05, 0.1) is 6.20 Å². The number of carboxylic acid groups (broad SMARTS) is 1. The van der Waals surface area contributed by atoms with Crippen molar-refractivity contribution in [2.24, 2.45) is 0 Å². The molecule has 90 valence electrons. The average Bonchev–Trinajstić information content (AvgIpc) is 2.59. The highest BCUT2D eigenvalue weighted by atomic mass is 16.4. The fourth-order valence-electron chi connectivity index (χ4n) is 1.52. The third kappa shape index (κ3) is 2.20. The number of anilines is 1. The molecule has 0 aliphatic carbocycles. The van der Waals surface area contributed by atoms with E-state index >= 15 is 0 Å². The zero-order valence-corrected chi connectivity index (χ0v) is 9.93. The molecule has 6 heteroatoms. The van der Waals surface area contributed by atoms with Gasteiger partial charge in [0.1, 0.15) is 11.4 Å². The molecule has 2 heterocycles. The Kier molecular flexibility index (Phi) is 2.49. The first-order valence-electron chi connectivity index (χ1n) is 5.23. The van der Waals surface area contributed by atoms with Crippen LogP contribution in [0.15, 0.2) is 18.5 Å². The van der Waals surface area contributed by atoms with E-state index in [0.717, 1.165) is 5.82 Å². The zero-order valence-electron chi connectivity index (χ0n) is 9.93. The van der Waals surface area contributed by atoms with Crippen LogP contribution >= 0.6 is 0 Å². The Labute approximate surface area is 98.3 Å². The van der Waals surface area contributed by atoms with E-state index in [4.69, 9.17) is 5.11 Å². The number of nitrogens with zero attached hydrogens (tertiary/aromatic N) is 3. The smallest absolute Gasteiger partial charge is 0.341 e.